The Labute approximate surface area is 129 Å². The van der Waals surface area contributed by atoms with Gasteiger partial charge in [0.25, 0.3) is 0 Å². The monoisotopic (exact) mass is 353 g/mol. The van der Waals surface area contributed by atoms with E-state index in [2.05, 4.69) is 21.2 Å². The molecule has 0 fully saturated rings. The van der Waals surface area contributed by atoms with E-state index in [-0.39, 0.29) is 16.5 Å². The molecule has 0 radical (unpaired) electrons. The molecule has 20 heavy (non-hydrogen) atoms. The maximum absolute atomic E-state index is 13.5. The summed E-state index contributed by atoms with van der Waals surface area (Å²) in [5, 5.41) is 2.93. The van der Waals surface area contributed by atoms with Gasteiger partial charge in [0, 0.05) is 21.8 Å². The van der Waals surface area contributed by atoms with Crippen molar-refractivity contribution in [3.63, 3.8) is 0 Å². The van der Waals surface area contributed by atoms with Crippen LogP contribution in [0.5, 0.6) is 0 Å². The van der Waals surface area contributed by atoms with Crippen LogP contribution in [-0.4, -0.2) is 5.91 Å². The predicted octanol–water partition coefficient (Wildman–Crippen LogP) is 4.89. The Hall–Kier alpha value is -1.65. The molecule has 0 saturated heterocycles. The summed E-state index contributed by atoms with van der Waals surface area (Å²) in [4.78, 5) is 11.7. The molecule has 1 amide bonds. The third-order valence-electron chi connectivity index (χ3n) is 2.51. The van der Waals surface area contributed by atoms with E-state index in [1.807, 2.05) is 12.1 Å². The molecule has 0 unspecified atom stereocenters. The van der Waals surface area contributed by atoms with Gasteiger partial charge in [-0.1, -0.05) is 33.6 Å². The zero-order valence-electron chi connectivity index (χ0n) is 10.2. The molecule has 2 nitrogen and oxygen atoms in total. The zero-order chi connectivity index (χ0) is 14.5. The molecule has 1 N–H and O–H groups in total. The van der Waals surface area contributed by atoms with Crippen molar-refractivity contribution in [1.82, 2.24) is 0 Å². The highest BCUT2D eigenvalue weighted by Crippen LogP contribution is 2.20. The Kier molecular flexibility index (Phi) is 4.93. The number of halogens is 3. The van der Waals surface area contributed by atoms with Crippen molar-refractivity contribution in [2.45, 2.75) is 0 Å². The van der Waals surface area contributed by atoms with Crippen molar-refractivity contribution in [1.29, 1.82) is 0 Å². The number of nitrogens with one attached hydrogen (secondary N) is 1. The van der Waals surface area contributed by atoms with E-state index in [1.165, 1.54) is 24.3 Å². The van der Waals surface area contributed by atoms with Crippen LogP contribution in [0, 0.1) is 5.82 Å². The maximum Gasteiger partial charge on any atom is 0.248 e. The first-order valence-corrected chi connectivity index (χ1v) is 6.92. The fourth-order valence-corrected chi connectivity index (χ4v) is 2.04. The van der Waals surface area contributed by atoms with Crippen molar-refractivity contribution in [3.05, 3.63) is 69.4 Å². The topological polar surface area (TPSA) is 29.1 Å². The number of amides is 1. The van der Waals surface area contributed by atoms with Crippen LogP contribution in [0.25, 0.3) is 6.08 Å². The summed E-state index contributed by atoms with van der Waals surface area (Å²) in [5.41, 5.74) is 0.850. The van der Waals surface area contributed by atoms with Gasteiger partial charge in [0.15, 0.2) is 0 Å². The van der Waals surface area contributed by atoms with E-state index in [1.54, 1.807) is 18.2 Å². The molecule has 0 bridgehead atoms. The zero-order valence-corrected chi connectivity index (χ0v) is 12.6. The predicted molar refractivity (Wildman–Crippen MR) is 83.2 cm³/mol. The largest absolute Gasteiger partial charge is 0.323 e. The number of carbonyl (C=O) groups excluding carboxylic acids is 1. The molecule has 0 aliphatic heterocycles. The van der Waals surface area contributed by atoms with Gasteiger partial charge in [-0.25, -0.2) is 4.39 Å². The van der Waals surface area contributed by atoms with Crippen molar-refractivity contribution in [2.24, 2.45) is 0 Å². The molecule has 5 heteroatoms. The molecule has 2 aromatic rings. The average molecular weight is 355 g/mol. The second kappa shape index (κ2) is 6.68. The van der Waals surface area contributed by atoms with E-state index in [4.69, 9.17) is 11.6 Å². The first kappa shape index (κ1) is 14.8. The fraction of sp³-hybridized carbons (Fsp3) is 0. The Balaban J connectivity index is 2.08. The number of benzene rings is 2. The summed E-state index contributed by atoms with van der Waals surface area (Å²) < 4.78 is 14.4. The lowest BCUT2D eigenvalue weighted by molar-refractivity contribution is -0.111. The van der Waals surface area contributed by atoms with Crippen LogP contribution in [0.15, 0.2) is 53.0 Å². The number of hydrogen-bond acceptors (Lipinski definition) is 1. The summed E-state index contributed by atoms with van der Waals surface area (Å²) in [5.74, 6) is -0.822. The van der Waals surface area contributed by atoms with Crippen LogP contribution in [0.1, 0.15) is 5.56 Å². The molecule has 2 rings (SSSR count). The number of anilines is 1. The average Bonchev–Trinajstić information content (AvgIpc) is 2.41. The van der Waals surface area contributed by atoms with Gasteiger partial charge in [-0.3, -0.25) is 4.79 Å². The van der Waals surface area contributed by atoms with E-state index >= 15 is 0 Å². The number of rotatable bonds is 3. The van der Waals surface area contributed by atoms with Crippen LogP contribution in [0.4, 0.5) is 10.1 Å². The Bertz CT molecular complexity index is 635. The molecule has 0 atom stereocenters. The molecule has 0 saturated carbocycles. The van der Waals surface area contributed by atoms with Crippen LogP contribution < -0.4 is 5.32 Å². The maximum atomic E-state index is 13.5. The van der Waals surface area contributed by atoms with E-state index < -0.39 is 5.82 Å². The van der Waals surface area contributed by atoms with Crippen LogP contribution in [0.3, 0.4) is 0 Å². The second-order valence-corrected chi connectivity index (χ2v) is 5.29. The first-order valence-electron chi connectivity index (χ1n) is 5.75. The Morgan fingerprint density at radius 2 is 1.90 bits per heavy atom. The molecule has 102 valence electrons. The van der Waals surface area contributed by atoms with Crippen molar-refractivity contribution >= 4 is 45.2 Å². The van der Waals surface area contributed by atoms with E-state index in [0.29, 0.717) is 5.69 Å². The first-order chi connectivity index (χ1) is 9.56. The summed E-state index contributed by atoms with van der Waals surface area (Å²) in [6.45, 7) is 0. The smallest absolute Gasteiger partial charge is 0.248 e. The minimum Gasteiger partial charge on any atom is -0.323 e. The third kappa shape index (κ3) is 3.92. The lowest BCUT2D eigenvalue weighted by Crippen LogP contribution is -2.07. The Morgan fingerprint density at radius 1 is 1.20 bits per heavy atom. The molecule has 0 aliphatic carbocycles. The molecule has 0 aliphatic rings. The highest BCUT2D eigenvalue weighted by atomic mass is 79.9. The normalized spacial score (nSPS) is 10.8. The van der Waals surface area contributed by atoms with Crippen LogP contribution in [-0.2, 0) is 4.79 Å². The van der Waals surface area contributed by atoms with Crippen molar-refractivity contribution in [3.8, 4) is 0 Å². The van der Waals surface area contributed by atoms with Gasteiger partial charge >= 0.3 is 0 Å². The minimum absolute atomic E-state index is 0.195. The highest BCUT2D eigenvalue weighted by Gasteiger charge is 2.04. The molecule has 0 heterocycles. The van der Waals surface area contributed by atoms with E-state index in [9.17, 15) is 9.18 Å². The minimum atomic E-state index is -0.467. The fourth-order valence-electron chi connectivity index (χ4n) is 1.55. The quantitative estimate of drug-likeness (QED) is 0.781. The van der Waals surface area contributed by atoms with Crippen molar-refractivity contribution in [2.75, 3.05) is 5.32 Å². The van der Waals surface area contributed by atoms with Crippen LogP contribution in [0.2, 0.25) is 5.02 Å². The third-order valence-corrected chi connectivity index (χ3v) is 3.37. The lowest BCUT2D eigenvalue weighted by Gasteiger charge is -2.02. The molecule has 0 aromatic heterocycles. The molecular weight excluding hydrogens is 345 g/mol. The Morgan fingerprint density at radius 3 is 2.55 bits per heavy atom. The molecule has 0 spiro atoms. The SMILES string of the molecule is O=C(C=Cc1c(F)cccc1Cl)Nc1ccc(Br)cc1. The van der Waals surface area contributed by atoms with Gasteiger partial charge in [-0.05, 0) is 42.5 Å². The molecule has 2 aromatic carbocycles. The highest BCUT2D eigenvalue weighted by molar-refractivity contribution is 9.10. The van der Waals surface area contributed by atoms with Gasteiger partial charge in [0.05, 0.1) is 5.02 Å². The second-order valence-electron chi connectivity index (χ2n) is 3.96. The van der Waals surface area contributed by atoms with Gasteiger partial charge < -0.3 is 5.32 Å². The van der Waals surface area contributed by atoms with Gasteiger partial charge in [-0.2, -0.15) is 0 Å². The number of hydrogen-bond donors (Lipinski definition) is 1. The van der Waals surface area contributed by atoms with Crippen molar-refractivity contribution < 1.29 is 9.18 Å². The number of carbonyl (C=O) groups is 1. The summed E-state index contributed by atoms with van der Waals surface area (Å²) >= 11 is 9.17. The summed E-state index contributed by atoms with van der Waals surface area (Å²) in [6, 6.07) is 11.5. The van der Waals surface area contributed by atoms with E-state index in [0.717, 1.165) is 4.47 Å². The van der Waals surface area contributed by atoms with Gasteiger partial charge in [-0.15, -0.1) is 0 Å². The van der Waals surface area contributed by atoms with Crippen LogP contribution >= 0.6 is 27.5 Å². The summed E-state index contributed by atoms with van der Waals surface area (Å²) in [6.07, 6.45) is 2.60. The van der Waals surface area contributed by atoms with Gasteiger partial charge in [0.1, 0.15) is 5.82 Å². The standard InChI is InChI=1S/C15H10BrClFNO/c16-10-4-6-11(7-5-10)19-15(20)9-8-12-13(17)2-1-3-14(12)18/h1-9H,(H,19,20). The van der Waals surface area contributed by atoms with Gasteiger partial charge in [0.2, 0.25) is 5.91 Å². The lowest BCUT2D eigenvalue weighted by atomic mass is 10.2. The molecular formula is C15H10BrClFNO. The summed E-state index contributed by atoms with van der Waals surface area (Å²) in [7, 11) is 0.